The zero-order valence-corrected chi connectivity index (χ0v) is 7.97. The molecule has 0 spiro atoms. The molecule has 12 heavy (non-hydrogen) atoms. The van der Waals surface area contributed by atoms with Gasteiger partial charge >= 0.3 is 0 Å². The van der Waals surface area contributed by atoms with Crippen LogP contribution in [0.15, 0.2) is 0 Å². The molecule has 1 fully saturated rings. The molecule has 0 saturated heterocycles. The predicted molar refractivity (Wildman–Crippen MR) is 52.6 cm³/mol. The van der Waals surface area contributed by atoms with Crippen LogP contribution in [0.5, 0.6) is 0 Å². The van der Waals surface area contributed by atoms with Crippen molar-refractivity contribution in [3.63, 3.8) is 0 Å². The van der Waals surface area contributed by atoms with Gasteiger partial charge in [-0.15, -0.1) is 12.3 Å². The Labute approximate surface area is 75.7 Å². The molecule has 1 rings (SSSR count). The van der Waals surface area contributed by atoms with Gasteiger partial charge in [-0.05, 0) is 30.7 Å². The molecule has 1 heteroatoms. The summed E-state index contributed by atoms with van der Waals surface area (Å²) in [5.74, 6) is 3.59. The van der Waals surface area contributed by atoms with Crippen LogP contribution in [0.3, 0.4) is 0 Å². The van der Waals surface area contributed by atoms with Crippen molar-refractivity contribution in [1.29, 1.82) is 0 Å². The van der Waals surface area contributed by atoms with Crippen LogP contribution < -0.4 is 5.73 Å². The van der Waals surface area contributed by atoms with E-state index in [0.29, 0.717) is 0 Å². The van der Waals surface area contributed by atoms with Gasteiger partial charge in [-0.2, -0.15) is 0 Å². The second-order valence-electron chi connectivity index (χ2n) is 4.29. The van der Waals surface area contributed by atoms with Crippen LogP contribution in [0.2, 0.25) is 0 Å². The predicted octanol–water partition coefficient (Wildman–Crippen LogP) is 2.16. The topological polar surface area (TPSA) is 26.0 Å². The highest BCUT2D eigenvalue weighted by Gasteiger charge is 2.32. The van der Waals surface area contributed by atoms with E-state index in [0.717, 1.165) is 18.9 Å². The average molecular weight is 165 g/mol. The second-order valence-corrected chi connectivity index (χ2v) is 4.29. The fraction of sp³-hybridized carbons (Fsp3) is 0.818. The summed E-state index contributed by atoms with van der Waals surface area (Å²) >= 11 is 0. The van der Waals surface area contributed by atoms with Gasteiger partial charge in [0.2, 0.25) is 0 Å². The summed E-state index contributed by atoms with van der Waals surface area (Å²) in [5, 5.41) is 0. The minimum absolute atomic E-state index is 0.284. The molecule has 1 nitrogen and oxygen atoms in total. The van der Waals surface area contributed by atoms with Crippen LogP contribution in [0.4, 0.5) is 0 Å². The summed E-state index contributed by atoms with van der Waals surface area (Å²) in [6.07, 6.45) is 11.4. The van der Waals surface area contributed by atoms with E-state index in [1.165, 1.54) is 25.7 Å². The lowest BCUT2D eigenvalue weighted by Gasteiger charge is -2.37. The van der Waals surface area contributed by atoms with Crippen molar-refractivity contribution >= 4 is 0 Å². The maximum absolute atomic E-state index is 5.79. The molecule has 1 saturated carbocycles. The highest BCUT2D eigenvalue weighted by molar-refractivity contribution is 4.97. The Morgan fingerprint density at radius 3 is 2.92 bits per heavy atom. The fourth-order valence-corrected chi connectivity index (χ4v) is 2.40. The Morgan fingerprint density at radius 1 is 1.67 bits per heavy atom. The first-order valence-electron chi connectivity index (χ1n) is 4.86. The number of nitrogens with two attached hydrogens (primary N) is 1. The molecule has 0 amide bonds. The van der Waals surface area contributed by atoms with E-state index < -0.39 is 0 Å². The standard InChI is InChI=1S/C11H19N/c1-3-6-11(9-12)7-4-5-10(2)8-11/h1,10H,4-9,12H2,2H3. The van der Waals surface area contributed by atoms with Crippen molar-refractivity contribution in [3.8, 4) is 12.3 Å². The first-order valence-corrected chi connectivity index (χ1v) is 4.86. The Morgan fingerprint density at radius 2 is 2.42 bits per heavy atom. The Hall–Kier alpha value is -0.480. The van der Waals surface area contributed by atoms with Crippen LogP contribution in [-0.4, -0.2) is 6.54 Å². The molecule has 1 aliphatic rings. The number of terminal acetylenes is 1. The first kappa shape index (κ1) is 9.61. The summed E-state index contributed by atoms with van der Waals surface area (Å²) in [7, 11) is 0. The largest absolute Gasteiger partial charge is 0.330 e. The van der Waals surface area contributed by atoms with E-state index in [1.807, 2.05) is 0 Å². The van der Waals surface area contributed by atoms with Gasteiger partial charge in [0.25, 0.3) is 0 Å². The molecule has 0 heterocycles. The third kappa shape index (κ3) is 2.01. The van der Waals surface area contributed by atoms with Crippen LogP contribution in [-0.2, 0) is 0 Å². The van der Waals surface area contributed by atoms with E-state index in [2.05, 4.69) is 12.8 Å². The number of hydrogen-bond donors (Lipinski definition) is 1. The maximum Gasteiger partial charge on any atom is 0.0155 e. The van der Waals surface area contributed by atoms with E-state index in [-0.39, 0.29) is 5.41 Å². The Balaban J connectivity index is 2.59. The summed E-state index contributed by atoms with van der Waals surface area (Å²) in [6, 6.07) is 0. The molecule has 1 aliphatic carbocycles. The molecule has 68 valence electrons. The minimum atomic E-state index is 0.284. The number of hydrogen-bond acceptors (Lipinski definition) is 1. The van der Waals surface area contributed by atoms with Crippen LogP contribution >= 0.6 is 0 Å². The summed E-state index contributed by atoms with van der Waals surface area (Å²) in [6.45, 7) is 3.07. The maximum atomic E-state index is 5.79. The fourth-order valence-electron chi connectivity index (χ4n) is 2.40. The molecule has 0 aliphatic heterocycles. The molecule has 0 aromatic rings. The molecule has 2 unspecified atom stereocenters. The second kappa shape index (κ2) is 3.96. The van der Waals surface area contributed by atoms with Crippen molar-refractivity contribution in [3.05, 3.63) is 0 Å². The van der Waals surface area contributed by atoms with Crippen molar-refractivity contribution < 1.29 is 0 Å². The summed E-state index contributed by atoms with van der Waals surface area (Å²) in [4.78, 5) is 0. The smallest absolute Gasteiger partial charge is 0.0155 e. The zero-order valence-electron chi connectivity index (χ0n) is 7.97. The Kier molecular flexibility index (Phi) is 3.17. The summed E-state index contributed by atoms with van der Waals surface area (Å²) in [5.41, 5.74) is 6.08. The van der Waals surface area contributed by atoms with Gasteiger partial charge < -0.3 is 5.73 Å². The third-order valence-electron chi connectivity index (χ3n) is 3.10. The van der Waals surface area contributed by atoms with Crippen molar-refractivity contribution in [2.24, 2.45) is 17.1 Å². The molecule has 0 aromatic carbocycles. The highest BCUT2D eigenvalue weighted by atomic mass is 14.6. The first-order chi connectivity index (χ1) is 5.72. The molecule has 2 N–H and O–H groups in total. The number of rotatable bonds is 2. The van der Waals surface area contributed by atoms with Gasteiger partial charge in [-0.25, -0.2) is 0 Å². The quantitative estimate of drug-likeness (QED) is 0.623. The molecular formula is C11H19N. The molecule has 0 radical (unpaired) electrons. The monoisotopic (exact) mass is 165 g/mol. The van der Waals surface area contributed by atoms with E-state index in [4.69, 9.17) is 12.2 Å². The van der Waals surface area contributed by atoms with Gasteiger partial charge in [-0.3, -0.25) is 0 Å². The van der Waals surface area contributed by atoms with Gasteiger partial charge in [0.15, 0.2) is 0 Å². The molecular weight excluding hydrogens is 146 g/mol. The van der Waals surface area contributed by atoms with Gasteiger partial charge in [0.05, 0.1) is 0 Å². The molecule has 0 bridgehead atoms. The van der Waals surface area contributed by atoms with Gasteiger partial charge in [-0.1, -0.05) is 19.8 Å². The van der Waals surface area contributed by atoms with Crippen molar-refractivity contribution in [2.45, 2.75) is 39.0 Å². The van der Waals surface area contributed by atoms with Gasteiger partial charge in [0, 0.05) is 6.42 Å². The lowest BCUT2D eigenvalue weighted by atomic mass is 9.68. The zero-order chi connectivity index (χ0) is 9.03. The van der Waals surface area contributed by atoms with Crippen LogP contribution in [0, 0.1) is 23.7 Å². The minimum Gasteiger partial charge on any atom is -0.330 e. The Bertz CT molecular complexity index is 180. The van der Waals surface area contributed by atoms with E-state index >= 15 is 0 Å². The van der Waals surface area contributed by atoms with Crippen molar-refractivity contribution in [1.82, 2.24) is 0 Å². The van der Waals surface area contributed by atoms with Crippen LogP contribution in [0.1, 0.15) is 39.0 Å². The summed E-state index contributed by atoms with van der Waals surface area (Å²) < 4.78 is 0. The average Bonchev–Trinajstić information content (AvgIpc) is 2.05. The van der Waals surface area contributed by atoms with E-state index in [1.54, 1.807) is 0 Å². The lowest BCUT2D eigenvalue weighted by molar-refractivity contribution is 0.160. The third-order valence-corrected chi connectivity index (χ3v) is 3.10. The van der Waals surface area contributed by atoms with Crippen molar-refractivity contribution in [2.75, 3.05) is 6.54 Å². The van der Waals surface area contributed by atoms with Gasteiger partial charge in [0.1, 0.15) is 0 Å². The highest BCUT2D eigenvalue weighted by Crippen LogP contribution is 2.40. The SMILES string of the molecule is C#CCC1(CN)CCCC(C)C1. The van der Waals surface area contributed by atoms with E-state index in [9.17, 15) is 0 Å². The molecule has 2 atom stereocenters. The lowest BCUT2D eigenvalue weighted by Crippen LogP contribution is -2.34. The normalized spacial score (nSPS) is 35.9. The van der Waals surface area contributed by atoms with Crippen LogP contribution in [0.25, 0.3) is 0 Å². The molecule has 0 aromatic heterocycles.